The van der Waals surface area contributed by atoms with Gasteiger partial charge in [-0.15, -0.1) is 13.2 Å². The van der Waals surface area contributed by atoms with E-state index in [1.165, 1.54) is 12.1 Å². The fourth-order valence-electron chi connectivity index (χ4n) is 3.10. The number of carbonyl (C=O) groups is 2. The van der Waals surface area contributed by atoms with Crippen molar-refractivity contribution in [2.45, 2.75) is 32.2 Å². The molecule has 3 aromatic rings. The number of halogens is 3. The molecule has 3 N–H and O–H groups in total. The van der Waals surface area contributed by atoms with Crippen molar-refractivity contribution in [3.05, 3.63) is 77.5 Å². The van der Waals surface area contributed by atoms with E-state index in [1.54, 1.807) is 0 Å². The molecule has 0 bridgehead atoms. The average molecular weight is 477 g/mol. The van der Waals surface area contributed by atoms with Crippen molar-refractivity contribution in [1.29, 1.82) is 0 Å². The number of ether oxygens (including phenoxy) is 2. The standard InChI is InChI=1S/C23H22F3N3O5/c1-14(15-5-3-2-4-6-15)11-18-21(22(27)31)29-20(33-18)12-28-19(30)13-32-16-7-9-17(10-8-16)34-23(24,25)26/h2-10,14H,11-13H2,1H3,(H2,27,31)(H,28,30). The van der Waals surface area contributed by atoms with E-state index < -0.39 is 30.5 Å². The molecule has 1 aromatic heterocycles. The summed E-state index contributed by atoms with van der Waals surface area (Å²) in [6.07, 6.45) is -4.41. The number of hydrogen-bond donors (Lipinski definition) is 2. The molecule has 11 heteroatoms. The first-order valence-corrected chi connectivity index (χ1v) is 10.2. The molecule has 1 atom stereocenters. The Morgan fingerprint density at radius 3 is 2.35 bits per heavy atom. The second-order valence-corrected chi connectivity index (χ2v) is 7.34. The zero-order chi connectivity index (χ0) is 24.7. The summed E-state index contributed by atoms with van der Waals surface area (Å²) in [6, 6.07) is 14.3. The summed E-state index contributed by atoms with van der Waals surface area (Å²) in [5, 5.41) is 2.53. The number of carbonyl (C=O) groups excluding carboxylic acids is 2. The van der Waals surface area contributed by atoms with Crippen molar-refractivity contribution in [1.82, 2.24) is 10.3 Å². The lowest BCUT2D eigenvalue weighted by Gasteiger charge is -2.10. The minimum Gasteiger partial charge on any atom is -0.484 e. The quantitative estimate of drug-likeness (QED) is 0.460. The molecular weight excluding hydrogens is 455 g/mol. The van der Waals surface area contributed by atoms with Crippen LogP contribution in [0.15, 0.2) is 59.0 Å². The molecular formula is C23H22F3N3O5. The van der Waals surface area contributed by atoms with Crippen LogP contribution in [0.4, 0.5) is 13.2 Å². The number of amides is 2. The van der Waals surface area contributed by atoms with Crippen LogP contribution in [-0.2, 0) is 17.8 Å². The van der Waals surface area contributed by atoms with E-state index in [4.69, 9.17) is 14.9 Å². The molecule has 3 rings (SSSR count). The summed E-state index contributed by atoms with van der Waals surface area (Å²) in [7, 11) is 0. The Morgan fingerprint density at radius 1 is 1.09 bits per heavy atom. The Bertz CT molecular complexity index is 1120. The van der Waals surface area contributed by atoms with E-state index in [0.717, 1.165) is 17.7 Å². The highest BCUT2D eigenvalue weighted by Crippen LogP contribution is 2.25. The maximum Gasteiger partial charge on any atom is 0.573 e. The molecule has 1 heterocycles. The van der Waals surface area contributed by atoms with Gasteiger partial charge in [0.15, 0.2) is 12.3 Å². The molecule has 0 fully saturated rings. The fourth-order valence-corrected chi connectivity index (χ4v) is 3.10. The van der Waals surface area contributed by atoms with E-state index in [9.17, 15) is 22.8 Å². The molecule has 0 saturated heterocycles. The molecule has 0 aliphatic heterocycles. The van der Waals surface area contributed by atoms with E-state index in [-0.39, 0.29) is 29.8 Å². The molecule has 34 heavy (non-hydrogen) atoms. The zero-order valence-corrected chi connectivity index (χ0v) is 18.1. The van der Waals surface area contributed by atoms with Crippen LogP contribution in [0.2, 0.25) is 0 Å². The minimum absolute atomic E-state index is 0.00412. The largest absolute Gasteiger partial charge is 0.573 e. The van der Waals surface area contributed by atoms with Crippen molar-refractivity contribution >= 4 is 11.8 Å². The van der Waals surface area contributed by atoms with Gasteiger partial charge in [-0.05, 0) is 35.7 Å². The highest BCUT2D eigenvalue weighted by Gasteiger charge is 2.31. The Hall–Kier alpha value is -4.02. The highest BCUT2D eigenvalue weighted by molar-refractivity contribution is 5.91. The Labute approximate surface area is 192 Å². The summed E-state index contributed by atoms with van der Waals surface area (Å²) in [4.78, 5) is 27.9. The molecule has 180 valence electrons. The zero-order valence-electron chi connectivity index (χ0n) is 18.1. The number of primary amides is 1. The van der Waals surface area contributed by atoms with Gasteiger partial charge in [0, 0.05) is 6.42 Å². The first-order chi connectivity index (χ1) is 16.1. The van der Waals surface area contributed by atoms with Gasteiger partial charge >= 0.3 is 6.36 Å². The number of rotatable bonds is 10. The van der Waals surface area contributed by atoms with E-state index in [1.807, 2.05) is 37.3 Å². The molecule has 1 unspecified atom stereocenters. The van der Waals surface area contributed by atoms with Gasteiger partial charge in [-0.25, -0.2) is 4.98 Å². The van der Waals surface area contributed by atoms with Gasteiger partial charge in [-0.2, -0.15) is 0 Å². The predicted octanol–water partition coefficient (Wildman–Crippen LogP) is 3.71. The molecule has 0 radical (unpaired) electrons. The third-order valence-corrected chi connectivity index (χ3v) is 4.70. The van der Waals surface area contributed by atoms with Crippen LogP contribution in [-0.4, -0.2) is 29.8 Å². The van der Waals surface area contributed by atoms with Crippen LogP contribution in [0.5, 0.6) is 11.5 Å². The van der Waals surface area contributed by atoms with Gasteiger partial charge in [-0.1, -0.05) is 37.3 Å². The van der Waals surface area contributed by atoms with E-state index in [2.05, 4.69) is 15.0 Å². The lowest BCUT2D eigenvalue weighted by atomic mass is 9.96. The van der Waals surface area contributed by atoms with Crippen LogP contribution < -0.4 is 20.5 Å². The molecule has 0 spiro atoms. The summed E-state index contributed by atoms with van der Waals surface area (Å²) in [5.74, 6) is -1.04. The predicted molar refractivity (Wildman–Crippen MR) is 114 cm³/mol. The Kier molecular flexibility index (Phi) is 7.77. The third-order valence-electron chi connectivity index (χ3n) is 4.70. The SMILES string of the molecule is CC(Cc1oc(CNC(=O)COc2ccc(OC(F)(F)F)cc2)nc1C(N)=O)c1ccccc1. The van der Waals surface area contributed by atoms with Gasteiger partial charge in [0.2, 0.25) is 5.89 Å². The van der Waals surface area contributed by atoms with Crippen molar-refractivity contribution in [3.8, 4) is 11.5 Å². The van der Waals surface area contributed by atoms with E-state index >= 15 is 0 Å². The van der Waals surface area contributed by atoms with Gasteiger partial charge in [-0.3, -0.25) is 9.59 Å². The van der Waals surface area contributed by atoms with Crippen LogP contribution >= 0.6 is 0 Å². The number of nitrogens with two attached hydrogens (primary N) is 1. The molecule has 8 nitrogen and oxygen atoms in total. The van der Waals surface area contributed by atoms with Crippen LogP contribution in [0.1, 0.15) is 40.5 Å². The number of nitrogens with one attached hydrogen (secondary N) is 1. The van der Waals surface area contributed by atoms with E-state index in [0.29, 0.717) is 12.2 Å². The minimum atomic E-state index is -4.80. The van der Waals surface area contributed by atoms with Crippen LogP contribution in [0.3, 0.4) is 0 Å². The Balaban J connectivity index is 1.53. The number of hydrogen-bond acceptors (Lipinski definition) is 6. The second-order valence-electron chi connectivity index (χ2n) is 7.34. The lowest BCUT2D eigenvalue weighted by molar-refractivity contribution is -0.274. The summed E-state index contributed by atoms with van der Waals surface area (Å²) in [5.41, 5.74) is 6.47. The monoisotopic (exact) mass is 477 g/mol. The summed E-state index contributed by atoms with van der Waals surface area (Å²) < 4.78 is 51.2. The van der Waals surface area contributed by atoms with Crippen molar-refractivity contribution < 1.29 is 36.7 Å². The number of aromatic nitrogens is 1. The van der Waals surface area contributed by atoms with Crippen molar-refractivity contribution in [2.24, 2.45) is 5.73 Å². The smallest absolute Gasteiger partial charge is 0.484 e. The molecule has 2 amide bonds. The number of nitrogens with zero attached hydrogens (tertiary/aromatic N) is 1. The maximum atomic E-state index is 12.2. The number of benzene rings is 2. The summed E-state index contributed by atoms with van der Waals surface area (Å²) in [6.45, 7) is 1.46. The van der Waals surface area contributed by atoms with Gasteiger partial charge in [0.1, 0.15) is 17.3 Å². The Morgan fingerprint density at radius 2 is 1.74 bits per heavy atom. The van der Waals surface area contributed by atoms with Crippen molar-refractivity contribution in [2.75, 3.05) is 6.61 Å². The number of oxazole rings is 1. The number of alkyl halides is 3. The topological polar surface area (TPSA) is 117 Å². The summed E-state index contributed by atoms with van der Waals surface area (Å²) >= 11 is 0. The average Bonchev–Trinajstić information content (AvgIpc) is 3.19. The lowest BCUT2D eigenvalue weighted by Crippen LogP contribution is -2.28. The van der Waals surface area contributed by atoms with Gasteiger partial charge in [0.05, 0.1) is 6.54 Å². The normalized spacial score (nSPS) is 12.1. The molecule has 2 aromatic carbocycles. The second kappa shape index (κ2) is 10.7. The molecule has 0 saturated carbocycles. The van der Waals surface area contributed by atoms with Crippen LogP contribution in [0.25, 0.3) is 0 Å². The maximum absolute atomic E-state index is 12.2. The van der Waals surface area contributed by atoms with Gasteiger partial charge < -0.3 is 24.9 Å². The van der Waals surface area contributed by atoms with Crippen molar-refractivity contribution in [3.63, 3.8) is 0 Å². The molecule has 0 aliphatic rings. The third kappa shape index (κ3) is 7.26. The fraction of sp³-hybridized carbons (Fsp3) is 0.261. The van der Waals surface area contributed by atoms with Crippen LogP contribution in [0, 0.1) is 0 Å². The highest BCUT2D eigenvalue weighted by atomic mass is 19.4. The first-order valence-electron chi connectivity index (χ1n) is 10.2. The first kappa shape index (κ1) is 24.6. The molecule has 0 aliphatic carbocycles. The van der Waals surface area contributed by atoms with Gasteiger partial charge in [0.25, 0.3) is 11.8 Å².